The zero-order chi connectivity index (χ0) is 17.6. The number of sulfonamides is 1. The number of hydrogen-bond acceptors (Lipinski definition) is 5. The highest BCUT2D eigenvalue weighted by Gasteiger charge is 2.15. The van der Waals surface area contributed by atoms with Crippen molar-refractivity contribution in [1.82, 2.24) is 9.71 Å². The molecule has 0 saturated carbocycles. The zero-order valence-electron chi connectivity index (χ0n) is 12.8. The summed E-state index contributed by atoms with van der Waals surface area (Å²) in [5, 5.41) is 2.62. The van der Waals surface area contributed by atoms with Gasteiger partial charge in [0, 0.05) is 31.1 Å². The van der Waals surface area contributed by atoms with E-state index in [-0.39, 0.29) is 10.8 Å². The summed E-state index contributed by atoms with van der Waals surface area (Å²) in [6, 6.07) is 9.52. The average molecular weight is 345 g/mol. The topological polar surface area (TPSA) is 105 Å². The van der Waals surface area contributed by atoms with E-state index in [0.29, 0.717) is 11.3 Å². The Morgan fingerprint density at radius 1 is 1.12 bits per heavy atom. The Kier molecular flexibility index (Phi) is 5.43. The molecule has 0 bridgehead atoms. The lowest BCUT2D eigenvalue weighted by molar-refractivity contribution is -0.115. The lowest BCUT2D eigenvalue weighted by atomic mass is 10.2. The number of carbonyl (C=O) groups is 2. The van der Waals surface area contributed by atoms with Gasteiger partial charge in [-0.1, -0.05) is 12.1 Å². The largest absolute Gasteiger partial charge is 0.326 e. The molecule has 0 saturated heterocycles. The van der Waals surface area contributed by atoms with E-state index in [9.17, 15) is 18.0 Å². The number of rotatable bonds is 5. The van der Waals surface area contributed by atoms with Gasteiger partial charge in [0.15, 0.2) is 0 Å². The minimum Gasteiger partial charge on any atom is -0.326 e. The Hall–Kier alpha value is -3.00. The molecule has 0 aliphatic heterocycles. The highest BCUT2D eigenvalue weighted by molar-refractivity contribution is 7.90. The van der Waals surface area contributed by atoms with Gasteiger partial charge in [0.1, 0.15) is 4.90 Å². The van der Waals surface area contributed by atoms with Gasteiger partial charge in [0.25, 0.3) is 15.9 Å². The SMILES string of the molecule is CC(=O)Nc1ccc(C=CC(=O)NS(=O)(=O)c2cccnc2)cc1. The number of nitrogens with one attached hydrogen (secondary N) is 2. The number of nitrogens with zero attached hydrogens (tertiary/aromatic N) is 1. The van der Waals surface area contributed by atoms with Gasteiger partial charge in [-0.3, -0.25) is 14.6 Å². The second kappa shape index (κ2) is 7.51. The Labute approximate surface area is 139 Å². The van der Waals surface area contributed by atoms with Gasteiger partial charge in [-0.2, -0.15) is 0 Å². The minimum absolute atomic E-state index is 0.0913. The second-order valence-electron chi connectivity index (χ2n) is 4.80. The average Bonchev–Trinajstić information content (AvgIpc) is 2.54. The van der Waals surface area contributed by atoms with Crippen LogP contribution in [0.15, 0.2) is 59.8 Å². The lowest BCUT2D eigenvalue weighted by Gasteiger charge is -2.04. The van der Waals surface area contributed by atoms with Crippen LogP contribution in [0.4, 0.5) is 5.69 Å². The number of pyridine rings is 1. The molecule has 2 rings (SSSR count). The highest BCUT2D eigenvalue weighted by atomic mass is 32.2. The molecule has 2 aromatic rings. The Balaban J connectivity index is 2.01. The van der Waals surface area contributed by atoms with Gasteiger partial charge in [0.05, 0.1) is 0 Å². The molecule has 0 atom stereocenters. The molecule has 0 fully saturated rings. The van der Waals surface area contributed by atoms with E-state index in [4.69, 9.17) is 0 Å². The van der Waals surface area contributed by atoms with Gasteiger partial charge >= 0.3 is 0 Å². The molecule has 0 spiro atoms. The van der Waals surface area contributed by atoms with Crippen molar-refractivity contribution < 1.29 is 18.0 Å². The van der Waals surface area contributed by atoms with Gasteiger partial charge in [-0.05, 0) is 35.9 Å². The number of hydrogen-bond donors (Lipinski definition) is 2. The predicted octanol–water partition coefficient (Wildman–Crippen LogP) is 1.56. The van der Waals surface area contributed by atoms with Crippen LogP contribution in [-0.4, -0.2) is 25.2 Å². The van der Waals surface area contributed by atoms with Crippen LogP contribution in [0.3, 0.4) is 0 Å². The lowest BCUT2D eigenvalue weighted by Crippen LogP contribution is -2.29. The van der Waals surface area contributed by atoms with Gasteiger partial charge in [-0.15, -0.1) is 0 Å². The molecule has 24 heavy (non-hydrogen) atoms. The summed E-state index contributed by atoms with van der Waals surface area (Å²) in [7, 11) is -3.94. The van der Waals surface area contributed by atoms with E-state index in [1.165, 1.54) is 31.3 Å². The van der Waals surface area contributed by atoms with Crippen molar-refractivity contribution in [1.29, 1.82) is 0 Å². The molecule has 1 heterocycles. The first-order valence-corrected chi connectivity index (χ1v) is 8.38. The molecule has 1 aromatic heterocycles. The highest BCUT2D eigenvalue weighted by Crippen LogP contribution is 2.11. The molecule has 1 aromatic carbocycles. The summed E-state index contributed by atoms with van der Waals surface area (Å²) >= 11 is 0. The maximum absolute atomic E-state index is 12.0. The molecular weight excluding hydrogens is 330 g/mol. The molecular formula is C16H15N3O4S. The fourth-order valence-corrected chi connectivity index (χ4v) is 2.69. The van der Waals surface area contributed by atoms with Crippen LogP contribution in [0.25, 0.3) is 6.08 Å². The van der Waals surface area contributed by atoms with Crippen molar-refractivity contribution in [3.05, 3.63) is 60.4 Å². The molecule has 0 radical (unpaired) electrons. The summed E-state index contributed by atoms with van der Waals surface area (Å²) < 4.78 is 25.8. The predicted molar refractivity (Wildman–Crippen MR) is 89.3 cm³/mol. The molecule has 8 heteroatoms. The van der Waals surface area contributed by atoms with Crippen molar-refractivity contribution in [3.63, 3.8) is 0 Å². The fraction of sp³-hybridized carbons (Fsp3) is 0.0625. The number of benzene rings is 1. The van der Waals surface area contributed by atoms with E-state index in [1.807, 2.05) is 4.72 Å². The van der Waals surface area contributed by atoms with Crippen LogP contribution in [0.1, 0.15) is 12.5 Å². The zero-order valence-corrected chi connectivity index (χ0v) is 13.6. The molecule has 2 amide bonds. The van der Waals surface area contributed by atoms with Crippen molar-refractivity contribution in [2.45, 2.75) is 11.8 Å². The summed E-state index contributed by atoms with van der Waals surface area (Å²) in [4.78, 5) is 26.3. The molecule has 124 valence electrons. The summed E-state index contributed by atoms with van der Waals surface area (Å²) in [6.45, 7) is 1.40. The number of amides is 2. The smallest absolute Gasteiger partial charge is 0.265 e. The number of anilines is 1. The summed E-state index contributed by atoms with van der Waals surface area (Å²) in [5.74, 6) is -0.955. The first-order valence-electron chi connectivity index (χ1n) is 6.89. The van der Waals surface area contributed by atoms with Crippen LogP contribution < -0.4 is 10.0 Å². The molecule has 7 nitrogen and oxygen atoms in total. The minimum atomic E-state index is -3.94. The molecule has 0 unspecified atom stereocenters. The third-order valence-corrected chi connectivity index (χ3v) is 4.17. The van der Waals surface area contributed by atoms with Crippen LogP contribution in [0.2, 0.25) is 0 Å². The van der Waals surface area contributed by atoms with E-state index in [1.54, 1.807) is 24.3 Å². The van der Waals surface area contributed by atoms with Crippen molar-refractivity contribution in [2.75, 3.05) is 5.32 Å². The third-order valence-electron chi connectivity index (χ3n) is 2.84. The number of aromatic nitrogens is 1. The van der Waals surface area contributed by atoms with Crippen LogP contribution in [0.5, 0.6) is 0 Å². The van der Waals surface area contributed by atoms with Crippen molar-refractivity contribution in [3.8, 4) is 0 Å². The van der Waals surface area contributed by atoms with Crippen molar-refractivity contribution in [2.24, 2.45) is 0 Å². The second-order valence-corrected chi connectivity index (χ2v) is 6.48. The van der Waals surface area contributed by atoms with E-state index in [0.717, 1.165) is 12.3 Å². The van der Waals surface area contributed by atoms with Gasteiger partial charge < -0.3 is 5.32 Å². The number of carbonyl (C=O) groups excluding carboxylic acids is 2. The van der Waals surface area contributed by atoms with E-state index < -0.39 is 15.9 Å². The molecule has 0 aliphatic rings. The molecule has 2 N–H and O–H groups in total. The monoisotopic (exact) mass is 345 g/mol. The fourth-order valence-electron chi connectivity index (χ4n) is 1.78. The normalized spacial score (nSPS) is 11.2. The maximum Gasteiger partial charge on any atom is 0.265 e. The first-order chi connectivity index (χ1) is 11.4. The Bertz CT molecular complexity index is 860. The summed E-state index contributed by atoms with van der Waals surface area (Å²) in [6.07, 6.45) is 5.17. The van der Waals surface area contributed by atoms with Gasteiger partial charge in [-0.25, -0.2) is 13.1 Å². The standard InChI is InChI=1S/C16H15N3O4S/c1-12(20)18-14-7-4-13(5-8-14)6-9-16(21)19-24(22,23)15-3-2-10-17-11-15/h2-11H,1H3,(H,18,20)(H,19,21). The maximum atomic E-state index is 12.0. The van der Waals surface area contributed by atoms with Crippen LogP contribution >= 0.6 is 0 Å². The third kappa shape index (κ3) is 5.03. The van der Waals surface area contributed by atoms with Crippen LogP contribution in [0, 0.1) is 0 Å². The van der Waals surface area contributed by atoms with Crippen LogP contribution in [-0.2, 0) is 19.6 Å². The first kappa shape index (κ1) is 17.4. The Morgan fingerprint density at radius 2 is 1.83 bits per heavy atom. The van der Waals surface area contributed by atoms with Gasteiger partial charge in [0.2, 0.25) is 5.91 Å². The summed E-state index contributed by atoms with van der Waals surface area (Å²) in [5.41, 5.74) is 1.31. The van der Waals surface area contributed by atoms with Crippen molar-refractivity contribution >= 4 is 33.6 Å². The molecule has 0 aliphatic carbocycles. The Morgan fingerprint density at radius 3 is 2.42 bits per heavy atom. The van der Waals surface area contributed by atoms with E-state index >= 15 is 0 Å². The van der Waals surface area contributed by atoms with E-state index in [2.05, 4.69) is 10.3 Å². The quantitative estimate of drug-likeness (QED) is 0.800.